The minimum absolute atomic E-state index is 0.0255. The number of anilines is 2. The van der Waals surface area contributed by atoms with Gasteiger partial charge in [0.05, 0.1) is 34.8 Å². The molecule has 4 aromatic carbocycles. The Morgan fingerprint density at radius 1 is 0.563 bits per heavy atom. The molecule has 71 heavy (non-hydrogen) atoms. The van der Waals surface area contributed by atoms with E-state index in [2.05, 4.69) is 25.8 Å². The van der Waals surface area contributed by atoms with Gasteiger partial charge in [0.2, 0.25) is 0 Å². The van der Waals surface area contributed by atoms with E-state index in [1.807, 2.05) is 32.9 Å². The lowest BCUT2D eigenvalue weighted by atomic mass is 10.0. The Hall–Kier alpha value is -7.55. The largest absolute Gasteiger partial charge is 0.457 e. The third kappa shape index (κ3) is 11.1. The van der Waals surface area contributed by atoms with Crippen LogP contribution in [0.2, 0.25) is 0 Å². The highest BCUT2D eigenvalue weighted by atomic mass is 19.1. The van der Waals surface area contributed by atoms with Crippen molar-refractivity contribution in [3.63, 3.8) is 0 Å². The number of fused-ring (bicyclic) bond motifs is 2. The summed E-state index contributed by atoms with van der Waals surface area (Å²) < 4.78 is 46.5. The molecule has 2 atom stereocenters. The number of rotatable bonds is 10. The maximum Gasteiger partial charge on any atom is 0.410 e. The van der Waals surface area contributed by atoms with Crippen LogP contribution in [0, 0.1) is 11.6 Å². The van der Waals surface area contributed by atoms with Gasteiger partial charge in [0.25, 0.3) is 11.8 Å². The van der Waals surface area contributed by atoms with Gasteiger partial charge in [-0.15, -0.1) is 0 Å². The number of hydrogen-bond acceptors (Lipinski definition) is 13. The summed E-state index contributed by atoms with van der Waals surface area (Å²) in [5.74, 6) is 0.428. The van der Waals surface area contributed by atoms with E-state index < -0.39 is 17.4 Å². The highest BCUT2D eigenvalue weighted by molar-refractivity contribution is 5.99. The average molecular weight is 973 g/mol. The molecule has 2 unspecified atom stereocenters. The number of primary amides is 2. The zero-order chi connectivity index (χ0) is 49.8. The number of carbonyl (C=O) groups is 3. The van der Waals surface area contributed by atoms with Crippen LogP contribution in [0.5, 0.6) is 23.0 Å². The number of nitrogens with zero attached hydrogens (tertiary/aromatic N) is 7. The summed E-state index contributed by atoms with van der Waals surface area (Å²) in [6.07, 6.45) is 1.42. The van der Waals surface area contributed by atoms with Crippen molar-refractivity contribution in [2.24, 2.45) is 11.5 Å². The first-order valence-electron chi connectivity index (χ1n) is 23.8. The zero-order valence-electron chi connectivity index (χ0n) is 39.9. The summed E-state index contributed by atoms with van der Waals surface area (Å²) >= 11 is 0. The monoisotopic (exact) mass is 972 g/mol. The topological polar surface area (TPSA) is 212 Å². The van der Waals surface area contributed by atoms with Gasteiger partial charge < -0.3 is 46.5 Å². The second-order valence-corrected chi connectivity index (χ2v) is 18.6. The Balaban J connectivity index is 0.000000179. The summed E-state index contributed by atoms with van der Waals surface area (Å²) in [7, 11) is 0. The van der Waals surface area contributed by atoms with Gasteiger partial charge in [-0.1, -0.05) is 0 Å². The molecule has 7 N–H and O–H groups in total. The van der Waals surface area contributed by atoms with E-state index in [-0.39, 0.29) is 35.5 Å². The molecule has 0 saturated carbocycles. The molecule has 0 radical (unpaired) electrons. The predicted octanol–water partition coefficient (Wildman–Crippen LogP) is 6.98. The molecular weight excluding hydrogens is 915 g/mol. The SMILES string of the molecule is CC(C)(C)OC(=O)N1CCN(C2CCNc3c2nn(-c2ccc(Oc4ccc(F)cc4)cc2)c3C(N)=O)CC1.NC(=O)c1c2c(nn1-c1ccc(Oc3ccc(F)cc3)cc1)C(N1CCNCC1)CCN2. The van der Waals surface area contributed by atoms with Crippen molar-refractivity contribution < 1.29 is 37.4 Å². The molecule has 6 aromatic rings. The number of benzene rings is 4. The van der Waals surface area contributed by atoms with E-state index in [1.54, 1.807) is 74.9 Å². The highest BCUT2D eigenvalue weighted by Crippen LogP contribution is 2.39. The van der Waals surface area contributed by atoms with Crippen molar-refractivity contribution in [1.82, 2.24) is 39.6 Å². The van der Waals surface area contributed by atoms with E-state index in [0.29, 0.717) is 78.5 Å². The van der Waals surface area contributed by atoms with Crippen LogP contribution in [-0.4, -0.2) is 123 Å². The maximum absolute atomic E-state index is 13.2. The van der Waals surface area contributed by atoms with Gasteiger partial charge in [0.15, 0.2) is 11.4 Å². The number of nitrogens with one attached hydrogen (secondary N) is 3. The van der Waals surface area contributed by atoms with Crippen LogP contribution in [-0.2, 0) is 4.74 Å². The summed E-state index contributed by atoms with van der Waals surface area (Å²) in [6, 6.07) is 26.0. The molecule has 0 spiro atoms. The molecule has 2 aromatic heterocycles. The van der Waals surface area contributed by atoms with Crippen molar-refractivity contribution in [3.05, 3.63) is 131 Å². The number of halogens is 2. The molecule has 4 aliphatic heterocycles. The van der Waals surface area contributed by atoms with Crippen LogP contribution < -0.4 is 36.9 Å². The summed E-state index contributed by atoms with van der Waals surface area (Å²) in [5, 5.41) is 19.7. The van der Waals surface area contributed by atoms with E-state index in [9.17, 15) is 23.2 Å². The zero-order valence-corrected chi connectivity index (χ0v) is 39.9. The fourth-order valence-corrected chi connectivity index (χ4v) is 9.29. The number of piperazine rings is 2. The first kappa shape index (κ1) is 48.5. The van der Waals surface area contributed by atoms with Gasteiger partial charge in [-0.05, 0) is 131 Å². The molecule has 2 fully saturated rings. The summed E-state index contributed by atoms with van der Waals surface area (Å²) in [4.78, 5) is 43.9. The average Bonchev–Trinajstić information content (AvgIpc) is 3.96. The quantitative estimate of drug-likeness (QED) is 0.0940. The minimum atomic E-state index is -0.585. The molecule has 10 rings (SSSR count). The third-order valence-electron chi connectivity index (χ3n) is 12.6. The number of amides is 3. The van der Waals surface area contributed by atoms with Gasteiger partial charge in [-0.25, -0.2) is 22.9 Å². The van der Waals surface area contributed by atoms with E-state index in [4.69, 9.17) is 35.9 Å². The van der Waals surface area contributed by atoms with Crippen molar-refractivity contribution in [2.45, 2.75) is 51.3 Å². The molecule has 3 amide bonds. The fourth-order valence-electron chi connectivity index (χ4n) is 9.29. The number of aromatic nitrogens is 4. The summed E-state index contributed by atoms with van der Waals surface area (Å²) in [6.45, 7) is 13.2. The number of ether oxygens (including phenoxy) is 3. The minimum Gasteiger partial charge on any atom is -0.457 e. The van der Waals surface area contributed by atoms with Crippen LogP contribution in [0.1, 0.15) is 78.1 Å². The van der Waals surface area contributed by atoms with Crippen LogP contribution in [0.25, 0.3) is 11.4 Å². The lowest BCUT2D eigenvalue weighted by molar-refractivity contribution is 0.00951. The van der Waals surface area contributed by atoms with Gasteiger partial charge >= 0.3 is 6.09 Å². The first-order valence-corrected chi connectivity index (χ1v) is 23.8. The van der Waals surface area contributed by atoms with E-state index in [1.165, 1.54) is 24.3 Å². The number of hydrogen-bond donors (Lipinski definition) is 5. The molecule has 0 bridgehead atoms. The lowest BCUT2D eigenvalue weighted by Crippen LogP contribution is -2.51. The second kappa shape index (κ2) is 20.8. The standard InChI is InChI=1S/C28H33FN6O4.C23H25FN6O2/c1-28(2,3)39-27(37)34-16-14-33(15-17-34)22-12-13-31-24-23(22)32-35(25(24)26(30)36)19-6-10-21(11-7-19)38-20-8-4-18(29)5-9-20;24-15-1-5-17(6-2-15)32-18-7-3-16(4-8-18)30-22(23(25)31)21-20(28-30)19(9-10-27-21)29-13-11-26-12-14-29/h4-11,22,31H,12-17H2,1-3H3,(H2,30,36);1-8,19,26-27H,9-14H2,(H2,25,31). The summed E-state index contributed by atoms with van der Waals surface area (Å²) in [5.41, 5.74) is 16.0. The molecular formula is C51H58F2N12O6. The van der Waals surface area contributed by atoms with E-state index >= 15 is 0 Å². The fraction of sp³-hybridized carbons (Fsp3) is 0.353. The van der Waals surface area contributed by atoms with Crippen molar-refractivity contribution >= 4 is 29.3 Å². The Morgan fingerprint density at radius 3 is 1.32 bits per heavy atom. The van der Waals surface area contributed by atoms with Crippen molar-refractivity contribution in [1.29, 1.82) is 0 Å². The Kier molecular flexibility index (Phi) is 14.2. The molecule has 18 nitrogen and oxygen atoms in total. The van der Waals surface area contributed by atoms with Crippen molar-refractivity contribution in [3.8, 4) is 34.4 Å². The van der Waals surface area contributed by atoms with Crippen LogP contribution in [0.4, 0.5) is 25.0 Å². The normalized spacial score (nSPS) is 18.1. The molecule has 372 valence electrons. The second-order valence-electron chi connectivity index (χ2n) is 18.6. The molecule has 2 saturated heterocycles. The Bertz CT molecular complexity index is 2840. The molecule has 6 heterocycles. The van der Waals surface area contributed by atoms with Crippen molar-refractivity contribution in [2.75, 3.05) is 76.1 Å². The molecule has 0 aliphatic carbocycles. The predicted molar refractivity (Wildman–Crippen MR) is 263 cm³/mol. The van der Waals surface area contributed by atoms with Crippen LogP contribution in [0.15, 0.2) is 97.1 Å². The van der Waals surface area contributed by atoms with Gasteiger partial charge in [-0.3, -0.25) is 19.4 Å². The molecule has 4 aliphatic rings. The van der Waals surface area contributed by atoms with Crippen LogP contribution >= 0.6 is 0 Å². The number of carbonyl (C=O) groups excluding carboxylic acids is 3. The van der Waals surface area contributed by atoms with Gasteiger partial charge in [-0.2, -0.15) is 10.2 Å². The van der Waals surface area contributed by atoms with Gasteiger partial charge in [0, 0.05) is 65.4 Å². The molecule has 20 heteroatoms. The van der Waals surface area contributed by atoms with Gasteiger partial charge in [0.1, 0.15) is 51.6 Å². The third-order valence-corrected chi connectivity index (χ3v) is 12.6. The Labute approximate surface area is 409 Å². The smallest absolute Gasteiger partial charge is 0.410 e. The van der Waals surface area contributed by atoms with Crippen LogP contribution in [0.3, 0.4) is 0 Å². The number of nitrogens with two attached hydrogens (primary N) is 2. The Morgan fingerprint density at radius 2 is 0.944 bits per heavy atom. The maximum atomic E-state index is 13.2. The van der Waals surface area contributed by atoms with E-state index in [0.717, 1.165) is 62.6 Å². The lowest BCUT2D eigenvalue weighted by Gasteiger charge is -2.40. The first-order chi connectivity index (χ1) is 34.2. The highest BCUT2D eigenvalue weighted by Gasteiger charge is 2.37.